The molecule has 2 aliphatic rings. The van der Waals surface area contributed by atoms with Gasteiger partial charge in [0.15, 0.2) is 11.7 Å². The lowest BCUT2D eigenvalue weighted by Gasteiger charge is -2.00. The second-order valence-corrected chi connectivity index (χ2v) is 2.60. The zero-order valence-corrected chi connectivity index (χ0v) is 6.05. The van der Waals surface area contributed by atoms with Crippen LogP contribution in [0.25, 0.3) is 0 Å². The van der Waals surface area contributed by atoms with Crippen LogP contribution in [0.1, 0.15) is 13.8 Å². The van der Waals surface area contributed by atoms with Gasteiger partial charge in [-0.1, -0.05) is 0 Å². The van der Waals surface area contributed by atoms with Crippen LogP contribution in [-0.4, -0.2) is 24.0 Å². The first-order valence-corrected chi connectivity index (χ1v) is 3.45. The smallest absolute Gasteiger partial charge is 0.167 e. The molecule has 0 bridgehead atoms. The van der Waals surface area contributed by atoms with Crippen molar-refractivity contribution in [1.82, 2.24) is 10.6 Å². The summed E-state index contributed by atoms with van der Waals surface area (Å²) < 4.78 is 0. The zero-order chi connectivity index (χ0) is 7.14. The molecule has 0 aromatic rings. The van der Waals surface area contributed by atoms with E-state index in [0.29, 0.717) is 0 Å². The van der Waals surface area contributed by atoms with Crippen LogP contribution in [-0.2, 0) is 0 Å². The van der Waals surface area contributed by atoms with Gasteiger partial charge in [-0.3, -0.25) is 0 Å². The van der Waals surface area contributed by atoms with E-state index in [0.717, 1.165) is 11.7 Å². The van der Waals surface area contributed by atoms with Gasteiger partial charge in [0.25, 0.3) is 0 Å². The third kappa shape index (κ3) is 0.683. The van der Waals surface area contributed by atoms with E-state index in [9.17, 15) is 0 Å². The van der Waals surface area contributed by atoms with Gasteiger partial charge >= 0.3 is 0 Å². The van der Waals surface area contributed by atoms with Gasteiger partial charge in [-0.25, -0.2) is 9.98 Å². The van der Waals surface area contributed by atoms with E-state index in [2.05, 4.69) is 20.6 Å². The molecule has 0 aromatic heterocycles. The lowest BCUT2D eigenvalue weighted by molar-refractivity contribution is 0.680. The average Bonchev–Trinajstić information content (AvgIpc) is 2.21. The number of aliphatic imine (C=N–C) groups is 2. The lowest BCUT2D eigenvalue weighted by Crippen LogP contribution is -2.29. The first kappa shape index (κ1) is 5.70. The van der Waals surface area contributed by atoms with Gasteiger partial charge in [0.1, 0.15) is 12.3 Å². The molecule has 0 amide bonds. The summed E-state index contributed by atoms with van der Waals surface area (Å²) in [5, 5.41) is 6.26. The SMILES string of the molecule is CC1N=C2NC(C)N=C2N1. The predicted molar refractivity (Wildman–Crippen MR) is 40.1 cm³/mol. The summed E-state index contributed by atoms with van der Waals surface area (Å²) in [7, 11) is 0. The highest BCUT2D eigenvalue weighted by Crippen LogP contribution is 2.04. The Hall–Kier alpha value is -1.06. The van der Waals surface area contributed by atoms with Gasteiger partial charge in [-0.2, -0.15) is 0 Å². The number of rotatable bonds is 0. The number of hydrogen-bond acceptors (Lipinski definition) is 4. The van der Waals surface area contributed by atoms with E-state index >= 15 is 0 Å². The van der Waals surface area contributed by atoms with Crippen LogP contribution < -0.4 is 10.6 Å². The lowest BCUT2D eigenvalue weighted by atomic mass is 10.5. The molecule has 10 heavy (non-hydrogen) atoms. The van der Waals surface area contributed by atoms with Gasteiger partial charge in [-0.15, -0.1) is 0 Å². The number of fused-ring (bicyclic) bond motifs is 1. The first-order chi connectivity index (χ1) is 4.75. The number of amidine groups is 2. The molecule has 2 rings (SSSR count). The van der Waals surface area contributed by atoms with Crippen molar-refractivity contribution in [2.24, 2.45) is 9.98 Å². The molecule has 0 saturated heterocycles. The molecule has 2 N–H and O–H groups in total. The molecule has 2 unspecified atom stereocenters. The largest absolute Gasteiger partial charge is 0.346 e. The number of hydrogen-bond donors (Lipinski definition) is 2. The second kappa shape index (κ2) is 1.71. The van der Waals surface area contributed by atoms with Crippen molar-refractivity contribution < 1.29 is 0 Å². The molecule has 0 saturated carbocycles. The van der Waals surface area contributed by atoms with E-state index in [4.69, 9.17) is 0 Å². The Labute approximate surface area is 59.4 Å². The maximum Gasteiger partial charge on any atom is 0.167 e. The van der Waals surface area contributed by atoms with Crippen molar-refractivity contribution in [3.8, 4) is 0 Å². The van der Waals surface area contributed by atoms with Crippen LogP contribution in [0.2, 0.25) is 0 Å². The number of nitrogens with one attached hydrogen (secondary N) is 2. The molecule has 0 spiro atoms. The molecule has 54 valence electrons. The fraction of sp³-hybridized carbons (Fsp3) is 0.667. The fourth-order valence-electron chi connectivity index (χ4n) is 1.18. The van der Waals surface area contributed by atoms with E-state index in [1.807, 2.05) is 13.8 Å². The quantitative estimate of drug-likeness (QED) is 0.482. The van der Waals surface area contributed by atoms with Crippen LogP contribution in [0.5, 0.6) is 0 Å². The zero-order valence-electron chi connectivity index (χ0n) is 6.05. The molecule has 0 aromatic carbocycles. The summed E-state index contributed by atoms with van der Waals surface area (Å²) in [6.45, 7) is 4.00. The highest BCUT2D eigenvalue weighted by atomic mass is 15.3. The first-order valence-electron chi connectivity index (χ1n) is 3.45. The average molecular weight is 138 g/mol. The summed E-state index contributed by atoms with van der Waals surface area (Å²) in [6.07, 6.45) is 0.377. The molecule has 2 atom stereocenters. The van der Waals surface area contributed by atoms with Crippen molar-refractivity contribution in [3.05, 3.63) is 0 Å². The number of nitrogens with zero attached hydrogens (tertiary/aromatic N) is 2. The van der Waals surface area contributed by atoms with Crippen molar-refractivity contribution in [3.63, 3.8) is 0 Å². The summed E-state index contributed by atoms with van der Waals surface area (Å²) in [6, 6.07) is 0. The van der Waals surface area contributed by atoms with Crippen LogP contribution in [0.15, 0.2) is 9.98 Å². The van der Waals surface area contributed by atoms with Crippen molar-refractivity contribution in [1.29, 1.82) is 0 Å². The molecule has 2 aliphatic heterocycles. The van der Waals surface area contributed by atoms with Gasteiger partial charge in [0.05, 0.1) is 0 Å². The second-order valence-electron chi connectivity index (χ2n) is 2.60. The standard InChI is InChI=1S/C6H10N4/c1-3-7-5-6(8-3)10-4(2)9-5/h3-4H,1-2H3,(H,7,9)(H,8,10). The van der Waals surface area contributed by atoms with Crippen LogP contribution in [0.3, 0.4) is 0 Å². The van der Waals surface area contributed by atoms with Crippen molar-refractivity contribution in [2.45, 2.75) is 26.2 Å². The van der Waals surface area contributed by atoms with Crippen LogP contribution >= 0.6 is 0 Å². The topological polar surface area (TPSA) is 48.8 Å². The van der Waals surface area contributed by atoms with Crippen LogP contribution in [0, 0.1) is 0 Å². The molecule has 4 heteroatoms. The van der Waals surface area contributed by atoms with Gasteiger partial charge in [-0.05, 0) is 13.8 Å². The minimum atomic E-state index is 0.189. The normalized spacial score (nSPS) is 35.8. The van der Waals surface area contributed by atoms with Gasteiger partial charge in [0, 0.05) is 0 Å². The Kier molecular flexibility index (Phi) is 0.977. The predicted octanol–water partition coefficient (Wildman–Crippen LogP) is -0.318. The van der Waals surface area contributed by atoms with Gasteiger partial charge in [0.2, 0.25) is 0 Å². The third-order valence-corrected chi connectivity index (χ3v) is 1.56. The van der Waals surface area contributed by atoms with Crippen molar-refractivity contribution >= 4 is 11.7 Å². The molecule has 0 fully saturated rings. The fourth-order valence-corrected chi connectivity index (χ4v) is 1.18. The summed E-state index contributed by atoms with van der Waals surface area (Å²) in [5.41, 5.74) is 0. The Balaban J connectivity index is 2.26. The van der Waals surface area contributed by atoms with E-state index in [-0.39, 0.29) is 12.3 Å². The highest BCUT2D eigenvalue weighted by Gasteiger charge is 2.26. The van der Waals surface area contributed by atoms with E-state index in [1.165, 1.54) is 0 Å². The molecular formula is C6H10N4. The minimum Gasteiger partial charge on any atom is -0.346 e. The molecule has 2 heterocycles. The summed E-state index contributed by atoms with van der Waals surface area (Å²) >= 11 is 0. The van der Waals surface area contributed by atoms with Crippen LogP contribution in [0.4, 0.5) is 0 Å². The van der Waals surface area contributed by atoms with Gasteiger partial charge < -0.3 is 10.6 Å². The third-order valence-electron chi connectivity index (χ3n) is 1.56. The molecule has 0 radical (unpaired) electrons. The van der Waals surface area contributed by atoms with E-state index in [1.54, 1.807) is 0 Å². The Bertz CT molecular complexity index is 194. The Morgan fingerprint density at radius 2 is 1.40 bits per heavy atom. The summed E-state index contributed by atoms with van der Waals surface area (Å²) in [5.74, 6) is 1.83. The monoisotopic (exact) mass is 138 g/mol. The molecule has 0 aliphatic carbocycles. The maximum atomic E-state index is 4.26. The summed E-state index contributed by atoms with van der Waals surface area (Å²) in [4.78, 5) is 8.53. The van der Waals surface area contributed by atoms with E-state index < -0.39 is 0 Å². The molecular weight excluding hydrogens is 128 g/mol. The Morgan fingerprint density at radius 1 is 1.00 bits per heavy atom. The minimum absolute atomic E-state index is 0.189. The van der Waals surface area contributed by atoms with Crippen molar-refractivity contribution in [2.75, 3.05) is 0 Å². The maximum absolute atomic E-state index is 4.26. The molecule has 4 nitrogen and oxygen atoms in total. The highest BCUT2D eigenvalue weighted by molar-refractivity contribution is 6.43. The Morgan fingerprint density at radius 3 is 1.80 bits per heavy atom.